The SMILES string of the molecule is O=[N+]([O-])c1ccc(-c2cc(-c3ccccc3)[n+](CCO)c(-c3ccccc3)c2)cc1. The predicted molar refractivity (Wildman–Crippen MR) is 117 cm³/mol. The van der Waals surface area contributed by atoms with Gasteiger partial charge < -0.3 is 5.11 Å². The van der Waals surface area contributed by atoms with Gasteiger partial charge in [-0.25, -0.2) is 0 Å². The van der Waals surface area contributed by atoms with Gasteiger partial charge in [-0.1, -0.05) is 36.4 Å². The lowest BCUT2D eigenvalue weighted by molar-refractivity contribution is -0.676. The number of hydrogen-bond acceptors (Lipinski definition) is 3. The Bertz CT molecular complexity index is 1100. The van der Waals surface area contributed by atoms with Crippen molar-refractivity contribution in [3.05, 3.63) is 107 Å². The Balaban J connectivity index is 1.96. The predicted octanol–water partition coefficient (Wildman–Crippen LogP) is 4.88. The molecular weight excluding hydrogens is 376 g/mol. The molecule has 1 heterocycles. The van der Waals surface area contributed by atoms with Crippen LogP contribution in [0.5, 0.6) is 0 Å². The van der Waals surface area contributed by atoms with Gasteiger partial charge in [0.25, 0.3) is 5.69 Å². The molecule has 4 aromatic rings. The van der Waals surface area contributed by atoms with Crippen molar-refractivity contribution < 1.29 is 14.6 Å². The van der Waals surface area contributed by atoms with E-state index in [1.54, 1.807) is 12.1 Å². The minimum atomic E-state index is -0.394. The summed E-state index contributed by atoms with van der Waals surface area (Å²) in [5.74, 6) is 0. The van der Waals surface area contributed by atoms with E-state index in [1.807, 2.05) is 60.7 Å². The summed E-state index contributed by atoms with van der Waals surface area (Å²) >= 11 is 0. The molecule has 0 fully saturated rings. The van der Waals surface area contributed by atoms with Gasteiger partial charge in [0, 0.05) is 35.4 Å². The maximum absolute atomic E-state index is 11.0. The molecule has 148 valence electrons. The van der Waals surface area contributed by atoms with Gasteiger partial charge in [0.05, 0.1) is 4.92 Å². The molecule has 0 amide bonds. The van der Waals surface area contributed by atoms with E-state index in [0.717, 1.165) is 33.6 Å². The van der Waals surface area contributed by atoms with E-state index in [0.29, 0.717) is 6.54 Å². The van der Waals surface area contributed by atoms with Crippen molar-refractivity contribution in [2.45, 2.75) is 6.54 Å². The number of rotatable bonds is 6. The molecule has 0 saturated heterocycles. The Morgan fingerprint density at radius 3 is 1.63 bits per heavy atom. The van der Waals surface area contributed by atoms with Crippen molar-refractivity contribution >= 4 is 5.69 Å². The Morgan fingerprint density at radius 1 is 0.700 bits per heavy atom. The van der Waals surface area contributed by atoms with Crippen LogP contribution in [0, 0.1) is 10.1 Å². The summed E-state index contributed by atoms with van der Waals surface area (Å²) in [6.45, 7) is 0.468. The van der Waals surface area contributed by atoms with Crippen LogP contribution in [0.3, 0.4) is 0 Å². The fraction of sp³-hybridized carbons (Fsp3) is 0.0800. The summed E-state index contributed by atoms with van der Waals surface area (Å²) in [6, 6.07) is 30.8. The molecule has 0 radical (unpaired) electrons. The first-order valence-electron chi connectivity index (χ1n) is 9.72. The average Bonchev–Trinajstić information content (AvgIpc) is 2.80. The van der Waals surface area contributed by atoms with Crippen molar-refractivity contribution in [3.8, 4) is 33.6 Å². The van der Waals surface area contributed by atoms with E-state index >= 15 is 0 Å². The van der Waals surface area contributed by atoms with Crippen molar-refractivity contribution in [3.63, 3.8) is 0 Å². The summed E-state index contributed by atoms with van der Waals surface area (Å²) < 4.78 is 2.11. The van der Waals surface area contributed by atoms with Crippen molar-refractivity contribution in [1.82, 2.24) is 0 Å². The second-order valence-electron chi connectivity index (χ2n) is 6.93. The second-order valence-corrected chi connectivity index (χ2v) is 6.93. The number of non-ortho nitro benzene ring substituents is 1. The van der Waals surface area contributed by atoms with E-state index in [4.69, 9.17) is 0 Å². The minimum absolute atomic E-state index is 0.0151. The monoisotopic (exact) mass is 397 g/mol. The number of nitro benzene ring substituents is 1. The van der Waals surface area contributed by atoms with Gasteiger partial charge in [-0.2, -0.15) is 4.57 Å². The van der Waals surface area contributed by atoms with Gasteiger partial charge in [-0.15, -0.1) is 0 Å². The van der Waals surface area contributed by atoms with E-state index in [2.05, 4.69) is 16.7 Å². The lowest BCUT2D eigenvalue weighted by Crippen LogP contribution is -2.40. The highest BCUT2D eigenvalue weighted by molar-refractivity contribution is 5.74. The zero-order chi connectivity index (χ0) is 20.9. The molecule has 0 bridgehead atoms. The summed E-state index contributed by atoms with van der Waals surface area (Å²) in [5.41, 5.74) is 5.93. The zero-order valence-electron chi connectivity index (χ0n) is 16.3. The summed E-state index contributed by atoms with van der Waals surface area (Å²) in [6.07, 6.45) is 0. The highest BCUT2D eigenvalue weighted by Crippen LogP contribution is 2.30. The molecule has 0 aliphatic rings. The highest BCUT2D eigenvalue weighted by Gasteiger charge is 2.22. The lowest BCUT2D eigenvalue weighted by atomic mass is 9.99. The third kappa shape index (κ3) is 3.97. The van der Waals surface area contributed by atoms with Crippen LogP contribution in [-0.2, 0) is 6.54 Å². The van der Waals surface area contributed by atoms with Crippen molar-refractivity contribution in [2.24, 2.45) is 0 Å². The van der Waals surface area contributed by atoms with Crippen molar-refractivity contribution in [2.75, 3.05) is 6.61 Å². The van der Waals surface area contributed by atoms with Crippen molar-refractivity contribution in [1.29, 1.82) is 0 Å². The molecular formula is C25H21N2O3+. The Hall–Kier alpha value is -3.83. The van der Waals surface area contributed by atoms with E-state index in [-0.39, 0.29) is 12.3 Å². The molecule has 4 rings (SSSR count). The van der Waals surface area contributed by atoms with Crippen LogP contribution in [0.25, 0.3) is 33.6 Å². The maximum atomic E-state index is 11.0. The molecule has 30 heavy (non-hydrogen) atoms. The average molecular weight is 397 g/mol. The smallest absolute Gasteiger partial charge is 0.269 e. The van der Waals surface area contributed by atoms with Crippen LogP contribution in [0.15, 0.2) is 97.1 Å². The van der Waals surface area contributed by atoms with E-state index in [9.17, 15) is 15.2 Å². The molecule has 0 aliphatic carbocycles. The third-order valence-corrected chi connectivity index (χ3v) is 5.04. The molecule has 5 heteroatoms. The van der Waals surface area contributed by atoms with Gasteiger partial charge in [-0.05, 0) is 47.5 Å². The topological polar surface area (TPSA) is 67.2 Å². The lowest BCUT2D eigenvalue weighted by Gasteiger charge is -2.12. The van der Waals surface area contributed by atoms with E-state index < -0.39 is 4.92 Å². The second kappa shape index (κ2) is 8.68. The van der Waals surface area contributed by atoms with Gasteiger partial charge in [-0.3, -0.25) is 10.1 Å². The largest absolute Gasteiger partial charge is 0.390 e. The summed E-state index contributed by atoms with van der Waals surface area (Å²) in [4.78, 5) is 10.6. The van der Waals surface area contributed by atoms with Crippen LogP contribution in [0.4, 0.5) is 5.69 Å². The fourth-order valence-corrected chi connectivity index (χ4v) is 3.60. The standard InChI is InChI=1S/C25H21N2O3/c28-16-15-26-24(20-7-3-1-4-8-20)17-22(18-25(26)21-9-5-2-6-10-21)19-11-13-23(14-12-19)27(29)30/h1-14,17-18,28H,15-16H2/q+1. The highest BCUT2D eigenvalue weighted by atomic mass is 16.6. The minimum Gasteiger partial charge on any atom is -0.390 e. The molecule has 0 aliphatic heterocycles. The summed E-state index contributed by atoms with van der Waals surface area (Å²) in [5, 5.41) is 20.8. The molecule has 5 nitrogen and oxygen atoms in total. The first-order valence-corrected chi connectivity index (χ1v) is 9.72. The van der Waals surface area contributed by atoms with Gasteiger partial charge in [0.2, 0.25) is 11.4 Å². The zero-order valence-corrected chi connectivity index (χ0v) is 16.3. The molecule has 1 N–H and O–H groups in total. The Morgan fingerprint density at radius 2 is 1.20 bits per heavy atom. The molecule has 0 spiro atoms. The van der Waals surface area contributed by atoms with Crippen LogP contribution >= 0.6 is 0 Å². The number of aliphatic hydroxyl groups excluding tert-OH is 1. The quantitative estimate of drug-likeness (QED) is 0.287. The normalized spacial score (nSPS) is 10.7. The summed E-state index contributed by atoms with van der Waals surface area (Å²) in [7, 11) is 0. The number of nitro groups is 1. The molecule has 3 aromatic carbocycles. The Labute approximate surface area is 174 Å². The number of pyridine rings is 1. The first-order chi connectivity index (χ1) is 14.7. The number of hydrogen-bond donors (Lipinski definition) is 1. The number of aliphatic hydroxyl groups is 1. The van der Waals surface area contributed by atoms with Gasteiger partial charge in [0.15, 0.2) is 6.54 Å². The van der Waals surface area contributed by atoms with Crippen LogP contribution in [-0.4, -0.2) is 16.6 Å². The fourth-order valence-electron chi connectivity index (χ4n) is 3.60. The van der Waals surface area contributed by atoms with E-state index in [1.165, 1.54) is 12.1 Å². The Kier molecular flexibility index (Phi) is 5.63. The number of benzene rings is 3. The first kappa shape index (κ1) is 19.5. The number of aromatic nitrogens is 1. The van der Waals surface area contributed by atoms with Crippen LogP contribution in [0.2, 0.25) is 0 Å². The van der Waals surface area contributed by atoms with Crippen LogP contribution < -0.4 is 4.57 Å². The number of nitrogens with zero attached hydrogens (tertiary/aromatic N) is 2. The molecule has 0 unspecified atom stereocenters. The third-order valence-electron chi connectivity index (χ3n) is 5.04. The van der Waals surface area contributed by atoms with Gasteiger partial charge in [0.1, 0.15) is 6.61 Å². The molecule has 1 aromatic heterocycles. The maximum Gasteiger partial charge on any atom is 0.269 e. The molecule has 0 saturated carbocycles. The van der Waals surface area contributed by atoms with Crippen LogP contribution in [0.1, 0.15) is 0 Å². The molecule has 0 atom stereocenters. The van der Waals surface area contributed by atoms with Gasteiger partial charge >= 0.3 is 0 Å².